The Morgan fingerprint density at radius 2 is 1.71 bits per heavy atom. The molecule has 28 heavy (non-hydrogen) atoms. The van der Waals surface area contributed by atoms with Crippen LogP contribution in [-0.2, 0) is 4.79 Å². The summed E-state index contributed by atoms with van der Waals surface area (Å²) < 4.78 is 27.7. The van der Waals surface area contributed by atoms with Crippen LogP contribution in [-0.4, -0.2) is 18.9 Å². The summed E-state index contributed by atoms with van der Waals surface area (Å²) in [5.74, 6) is -3.13. The Morgan fingerprint density at radius 3 is 2.36 bits per heavy atom. The molecular formula is C20H15BrF2N2O2S. The van der Waals surface area contributed by atoms with Gasteiger partial charge in [-0.15, -0.1) is 11.3 Å². The van der Waals surface area contributed by atoms with Crippen molar-refractivity contribution < 1.29 is 18.4 Å². The molecule has 1 atom stereocenters. The third-order valence-electron chi connectivity index (χ3n) is 4.02. The van der Waals surface area contributed by atoms with Gasteiger partial charge in [-0.05, 0) is 47.5 Å². The Hall–Kier alpha value is -2.58. The maximum absolute atomic E-state index is 13.6. The summed E-state index contributed by atoms with van der Waals surface area (Å²) >= 11 is 4.65. The van der Waals surface area contributed by atoms with E-state index in [2.05, 4.69) is 26.6 Å². The molecule has 4 nitrogen and oxygen atoms in total. The van der Waals surface area contributed by atoms with Gasteiger partial charge in [-0.3, -0.25) is 9.59 Å². The highest BCUT2D eigenvalue weighted by Gasteiger charge is 2.24. The lowest BCUT2D eigenvalue weighted by Crippen LogP contribution is -2.38. The standard InChI is InChI=1S/C20H15BrF2N2O2S/c1-24-20(27)18(12-4-7-14(22)15(23)10-12)25-19(26)17-9-8-16(28-17)11-2-5-13(21)6-3-11/h2-10,18H,1H3,(H,24,27)(H,25,26). The van der Waals surface area contributed by atoms with Gasteiger partial charge in [0, 0.05) is 16.4 Å². The lowest BCUT2D eigenvalue weighted by molar-refractivity contribution is -0.122. The molecule has 0 fully saturated rings. The minimum absolute atomic E-state index is 0.149. The Labute approximate surface area is 172 Å². The quantitative estimate of drug-likeness (QED) is 0.576. The Morgan fingerprint density at radius 1 is 1.00 bits per heavy atom. The summed E-state index contributed by atoms with van der Waals surface area (Å²) in [4.78, 5) is 26.1. The number of likely N-dealkylation sites (N-methyl/N-ethyl adjacent to an activating group) is 1. The minimum Gasteiger partial charge on any atom is -0.357 e. The summed E-state index contributed by atoms with van der Waals surface area (Å²) in [6, 6.07) is 13.1. The molecule has 2 amide bonds. The Kier molecular flexibility index (Phi) is 6.21. The van der Waals surface area contributed by atoms with Crippen LogP contribution in [0.15, 0.2) is 59.1 Å². The van der Waals surface area contributed by atoms with Gasteiger partial charge in [0.15, 0.2) is 11.6 Å². The van der Waals surface area contributed by atoms with Crippen molar-refractivity contribution in [3.05, 3.63) is 81.1 Å². The van der Waals surface area contributed by atoms with E-state index in [-0.39, 0.29) is 5.56 Å². The minimum atomic E-state index is -1.15. The molecule has 3 aromatic rings. The van der Waals surface area contributed by atoms with Gasteiger partial charge in [-0.25, -0.2) is 8.78 Å². The third kappa shape index (κ3) is 4.45. The zero-order chi connectivity index (χ0) is 20.3. The first-order chi connectivity index (χ1) is 13.4. The number of hydrogen-bond donors (Lipinski definition) is 2. The highest BCUT2D eigenvalue weighted by atomic mass is 79.9. The molecule has 1 aromatic heterocycles. The van der Waals surface area contributed by atoms with Crippen LogP contribution in [0.25, 0.3) is 10.4 Å². The van der Waals surface area contributed by atoms with Crippen LogP contribution in [0, 0.1) is 11.6 Å². The van der Waals surface area contributed by atoms with Crippen LogP contribution < -0.4 is 10.6 Å². The fourth-order valence-electron chi connectivity index (χ4n) is 2.57. The number of benzene rings is 2. The van der Waals surface area contributed by atoms with Gasteiger partial charge >= 0.3 is 0 Å². The monoisotopic (exact) mass is 464 g/mol. The molecule has 0 aliphatic carbocycles. The second-order valence-electron chi connectivity index (χ2n) is 5.87. The van der Waals surface area contributed by atoms with Gasteiger partial charge in [0.25, 0.3) is 5.91 Å². The second kappa shape index (κ2) is 8.62. The zero-order valence-electron chi connectivity index (χ0n) is 14.6. The van der Waals surface area contributed by atoms with Crippen LogP contribution in [0.3, 0.4) is 0 Å². The molecule has 2 aromatic carbocycles. The van der Waals surface area contributed by atoms with Gasteiger partial charge in [-0.1, -0.05) is 34.1 Å². The molecule has 1 heterocycles. The van der Waals surface area contributed by atoms with Crippen LogP contribution >= 0.6 is 27.3 Å². The van der Waals surface area contributed by atoms with Gasteiger partial charge in [0.05, 0.1) is 4.88 Å². The van der Waals surface area contributed by atoms with Crippen molar-refractivity contribution in [3.63, 3.8) is 0 Å². The molecule has 3 rings (SSSR count). The number of carbonyl (C=O) groups is 2. The number of thiophene rings is 1. The predicted octanol–water partition coefficient (Wildman–Crippen LogP) is 4.67. The van der Waals surface area contributed by atoms with Gasteiger partial charge in [0.1, 0.15) is 6.04 Å². The fraction of sp³-hybridized carbons (Fsp3) is 0.100. The summed E-state index contributed by atoms with van der Waals surface area (Å²) in [5, 5.41) is 5.00. The van der Waals surface area contributed by atoms with Crippen molar-refractivity contribution in [3.8, 4) is 10.4 Å². The maximum atomic E-state index is 13.6. The molecule has 2 N–H and O–H groups in total. The van der Waals surface area contributed by atoms with E-state index in [1.807, 2.05) is 30.3 Å². The van der Waals surface area contributed by atoms with Gasteiger partial charge in [-0.2, -0.15) is 0 Å². The molecule has 0 aliphatic heterocycles. The van der Waals surface area contributed by atoms with E-state index in [1.165, 1.54) is 24.5 Å². The van der Waals surface area contributed by atoms with E-state index < -0.39 is 29.5 Å². The van der Waals surface area contributed by atoms with Crippen molar-refractivity contribution in [2.45, 2.75) is 6.04 Å². The fourth-order valence-corrected chi connectivity index (χ4v) is 3.75. The summed E-state index contributed by atoms with van der Waals surface area (Å²) in [6.07, 6.45) is 0. The largest absolute Gasteiger partial charge is 0.357 e. The Bertz CT molecular complexity index is 1020. The summed E-state index contributed by atoms with van der Waals surface area (Å²) in [7, 11) is 1.40. The highest BCUT2D eigenvalue weighted by Crippen LogP contribution is 2.29. The van der Waals surface area contributed by atoms with E-state index in [1.54, 1.807) is 6.07 Å². The number of hydrogen-bond acceptors (Lipinski definition) is 3. The van der Waals surface area contributed by atoms with Crippen molar-refractivity contribution >= 4 is 39.1 Å². The van der Waals surface area contributed by atoms with Crippen LogP contribution in [0.5, 0.6) is 0 Å². The lowest BCUT2D eigenvalue weighted by atomic mass is 10.1. The first-order valence-corrected chi connectivity index (χ1v) is 9.83. The van der Waals surface area contributed by atoms with E-state index in [0.29, 0.717) is 4.88 Å². The number of rotatable bonds is 5. The Balaban J connectivity index is 1.83. The predicted molar refractivity (Wildman–Crippen MR) is 108 cm³/mol. The maximum Gasteiger partial charge on any atom is 0.262 e. The highest BCUT2D eigenvalue weighted by molar-refractivity contribution is 9.10. The average Bonchev–Trinajstić information content (AvgIpc) is 3.18. The van der Waals surface area contributed by atoms with Crippen molar-refractivity contribution in [2.75, 3.05) is 7.05 Å². The average molecular weight is 465 g/mol. The van der Waals surface area contributed by atoms with E-state index in [4.69, 9.17) is 0 Å². The van der Waals surface area contributed by atoms with Crippen molar-refractivity contribution in [2.24, 2.45) is 0 Å². The van der Waals surface area contributed by atoms with Crippen molar-refractivity contribution in [1.82, 2.24) is 10.6 Å². The SMILES string of the molecule is CNC(=O)C(NC(=O)c1ccc(-c2ccc(Br)cc2)s1)c1ccc(F)c(F)c1. The van der Waals surface area contributed by atoms with E-state index in [0.717, 1.165) is 27.0 Å². The molecule has 0 saturated carbocycles. The van der Waals surface area contributed by atoms with Crippen LogP contribution in [0.2, 0.25) is 0 Å². The molecule has 0 radical (unpaired) electrons. The van der Waals surface area contributed by atoms with Crippen molar-refractivity contribution in [1.29, 1.82) is 0 Å². The van der Waals surface area contributed by atoms with Crippen LogP contribution in [0.1, 0.15) is 21.3 Å². The number of nitrogens with one attached hydrogen (secondary N) is 2. The van der Waals surface area contributed by atoms with E-state index >= 15 is 0 Å². The number of carbonyl (C=O) groups excluding carboxylic acids is 2. The van der Waals surface area contributed by atoms with E-state index in [9.17, 15) is 18.4 Å². The number of amides is 2. The zero-order valence-corrected chi connectivity index (χ0v) is 17.0. The molecule has 0 bridgehead atoms. The smallest absolute Gasteiger partial charge is 0.262 e. The molecule has 0 spiro atoms. The number of halogens is 3. The molecule has 0 aliphatic rings. The normalized spacial score (nSPS) is 11.7. The van der Waals surface area contributed by atoms with Crippen LogP contribution in [0.4, 0.5) is 8.78 Å². The summed E-state index contributed by atoms with van der Waals surface area (Å²) in [6.45, 7) is 0. The lowest BCUT2D eigenvalue weighted by Gasteiger charge is -2.17. The topological polar surface area (TPSA) is 58.2 Å². The summed E-state index contributed by atoms with van der Waals surface area (Å²) in [5.41, 5.74) is 1.10. The van der Waals surface area contributed by atoms with Gasteiger partial charge < -0.3 is 10.6 Å². The second-order valence-corrected chi connectivity index (χ2v) is 7.86. The molecule has 144 valence electrons. The first kappa shape index (κ1) is 20.2. The first-order valence-electron chi connectivity index (χ1n) is 8.22. The van der Waals surface area contributed by atoms with Gasteiger partial charge in [0.2, 0.25) is 5.91 Å². The molecule has 0 saturated heterocycles. The molecular weight excluding hydrogens is 450 g/mol. The third-order valence-corrected chi connectivity index (χ3v) is 5.68. The molecule has 8 heteroatoms. The molecule has 1 unspecified atom stereocenters.